The number of hydrogen-bond donors (Lipinski definition) is 2. The van der Waals surface area contributed by atoms with Crippen molar-refractivity contribution in [1.29, 1.82) is 0 Å². The molecule has 6 nitrogen and oxygen atoms in total. The van der Waals surface area contributed by atoms with Gasteiger partial charge in [-0.05, 0) is 60.5 Å². The van der Waals surface area contributed by atoms with Crippen LogP contribution in [-0.2, 0) is 0 Å². The molecule has 2 N–H and O–H groups in total. The molecule has 0 amide bonds. The van der Waals surface area contributed by atoms with Gasteiger partial charge in [-0.2, -0.15) is 5.10 Å². The fourth-order valence-corrected chi connectivity index (χ4v) is 2.24. The van der Waals surface area contributed by atoms with E-state index in [0.717, 1.165) is 15.8 Å². The molecule has 1 aromatic carbocycles. The van der Waals surface area contributed by atoms with Crippen molar-refractivity contribution >= 4 is 28.1 Å². The smallest absolute Gasteiger partial charge is 0.252 e. The first-order chi connectivity index (χ1) is 10.4. The molecule has 0 saturated heterocycles. The fraction of sp³-hybridized carbons (Fsp3) is 0.267. The average Bonchev–Trinajstić information content (AvgIpc) is 2.40. The Hall–Kier alpha value is -2.15. The molecule has 0 spiro atoms. The van der Waals surface area contributed by atoms with Crippen LogP contribution in [0, 0.1) is 6.92 Å². The summed E-state index contributed by atoms with van der Waals surface area (Å²) in [6, 6.07) is 7.08. The summed E-state index contributed by atoms with van der Waals surface area (Å²) < 4.78 is 6.50. The highest BCUT2D eigenvalue weighted by atomic mass is 79.9. The quantitative estimate of drug-likeness (QED) is 0.631. The number of ether oxygens (including phenoxy) is 1. The Balaban J connectivity index is 2.07. The Bertz CT molecular complexity index is 741. The largest absolute Gasteiger partial charge is 0.490 e. The normalized spacial score (nSPS) is 11.1. The minimum absolute atomic E-state index is 0.113. The Labute approximate surface area is 136 Å². The molecule has 0 aliphatic heterocycles. The molecule has 1 heterocycles. The Morgan fingerprint density at radius 1 is 1.41 bits per heavy atom. The second-order valence-corrected chi connectivity index (χ2v) is 5.82. The third-order valence-electron chi connectivity index (χ3n) is 2.57. The molecule has 7 heteroatoms. The summed E-state index contributed by atoms with van der Waals surface area (Å²) in [5, 5.41) is 4.06. The topological polar surface area (TPSA) is 79.4 Å². The van der Waals surface area contributed by atoms with Crippen molar-refractivity contribution in [3.63, 3.8) is 0 Å². The first-order valence-corrected chi connectivity index (χ1v) is 7.56. The van der Waals surface area contributed by atoms with E-state index >= 15 is 0 Å². The summed E-state index contributed by atoms with van der Waals surface area (Å²) in [7, 11) is 0. The second kappa shape index (κ2) is 7.22. The zero-order valence-corrected chi connectivity index (χ0v) is 14.1. The maximum absolute atomic E-state index is 11.3. The molecule has 22 heavy (non-hydrogen) atoms. The molecule has 0 bridgehead atoms. The van der Waals surface area contributed by atoms with Crippen molar-refractivity contribution in [3.8, 4) is 5.75 Å². The van der Waals surface area contributed by atoms with Crippen molar-refractivity contribution in [2.75, 3.05) is 5.43 Å². The number of hydrazone groups is 1. The number of H-pyrrole nitrogens is 1. The van der Waals surface area contributed by atoms with E-state index in [9.17, 15) is 4.79 Å². The molecule has 1 aromatic heterocycles. The van der Waals surface area contributed by atoms with Crippen LogP contribution in [0.2, 0.25) is 0 Å². The molecule has 0 saturated carbocycles. The van der Waals surface area contributed by atoms with Gasteiger partial charge in [-0.3, -0.25) is 9.78 Å². The van der Waals surface area contributed by atoms with Crippen LogP contribution in [0.4, 0.5) is 5.95 Å². The van der Waals surface area contributed by atoms with Gasteiger partial charge in [0.25, 0.3) is 5.56 Å². The van der Waals surface area contributed by atoms with Crippen molar-refractivity contribution in [1.82, 2.24) is 9.97 Å². The molecule has 0 fully saturated rings. The van der Waals surface area contributed by atoms with Gasteiger partial charge in [-0.25, -0.2) is 10.4 Å². The molecule has 2 rings (SSSR count). The Kier molecular flexibility index (Phi) is 5.32. The number of anilines is 1. The Morgan fingerprint density at radius 3 is 2.82 bits per heavy atom. The van der Waals surface area contributed by atoms with Crippen LogP contribution in [0.25, 0.3) is 0 Å². The molecule has 0 atom stereocenters. The van der Waals surface area contributed by atoms with Crippen LogP contribution in [-0.4, -0.2) is 22.3 Å². The number of aromatic nitrogens is 2. The van der Waals surface area contributed by atoms with Crippen molar-refractivity contribution in [2.24, 2.45) is 5.10 Å². The molecular weight excluding hydrogens is 348 g/mol. The third-order valence-corrected chi connectivity index (χ3v) is 3.19. The van der Waals surface area contributed by atoms with E-state index in [1.54, 1.807) is 13.1 Å². The van der Waals surface area contributed by atoms with E-state index in [2.05, 4.69) is 36.4 Å². The van der Waals surface area contributed by atoms with Crippen LogP contribution in [0.15, 0.2) is 38.6 Å². The van der Waals surface area contributed by atoms with Gasteiger partial charge in [-0.15, -0.1) is 0 Å². The zero-order chi connectivity index (χ0) is 16.1. The average molecular weight is 365 g/mol. The predicted molar refractivity (Wildman–Crippen MR) is 90.7 cm³/mol. The molecule has 116 valence electrons. The molecule has 2 aromatic rings. The monoisotopic (exact) mass is 364 g/mol. The zero-order valence-electron chi connectivity index (χ0n) is 12.6. The summed E-state index contributed by atoms with van der Waals surface area (Å²) in [5.41, 5.74) is 3.98. The lowest BCUT2D eigenvalue weighted by Gasteiger charge is -2.11. The van der Waals surface area contributed by atoms with E-state index in [1.165, 1.54) is 6.07 Å². The standard InChI is InChI=1S/C15H17BrN4O2/c1-9(2)22-13-5-4-11(7-12(13)16)8-17-20-15-18-10(3)6-14(21)19-15/h4-9H,1-3H3,(H2,18,19,20,21)/b17-8-. The number of nitrogens with zero attached hydrogens (tertiary/aromatic N) is 2. The number of aromatic amines is 1. The summed E-state index contributed by atoms with van der Waals surface area (Å²) in [4.78, 5) is 18.0. The van der Waals surface area contributed by atoms with E-state index in [0.29, 0.717) is 11.6 Å². The predicted octanol–water partition coefficient (Wildman–Crippen LogP) is 3.07. The highest BCUT2D eigenvalue weighted by molar-refractivity contribution is 9.10. The van der Waals surface area contributed by atoms with E-state index in [4.69, 9.17) is 4.74 Å². The van der Waals surface area contributed by atoms with Crippen molar-refractivity contribution < 1.29 is 4.74 Å². The SMILES string of the molecule is Cc1cc(=O)[nH]c(N/N=C\c2ccc(OC(C)C)c(Br)c2)n1. The number of nitrogens with one attached hydrogen (secondary N) is 2. The van der Waals surface area contributed by atoms with Gasteiger partial charge in [-0.1, -0.05) is 0 Å². The lowest BCUT2D eigenvalue weighted by molar-refractivity contribution is 0.241. The van der Waals surface area contributed by atoms with Gasteiger partial charge >= 0.3 is 0 Å². The van der Waals surface area contributed by atoms with Gasteiger partial charge in [0.2, 0.25) is 5.95 Å². The Morgan fingerprint density at radius 2 is 2.18 bits per heavy atom. The van der Waals surface area contributed by atoms with Gasteiger partial charge in [0.1, 0.15) is 5.75 Å². The molecule has 0 aliphatic carbocycles. The van der Waals surface area contributed by atoms with Crippen LogP contribution in [0.3, 0.4) is 0 Å². The number of halogens is 1. The van der Waals surface area contributed by atoms with Gasteiger partial charge in [0.05, 0.1) is 16.8 Å². The minimum Gasteiger partial charge on any atom is -0.490 e. The van der Waals surface area contributed by atoms with E-state index in [1.807, 2.05) is 32.0 Å². The number of aryl methyl sites for hydroxylation is 1. The van der Waals surface area contributed by atoms with Gasteiger partial charge in [0, 0.05) is 11.8 Å². The van der Waals surface area contributed by atoms with Crippen LogP contribution < -0.4 is 15.7 Å². The molecule has 0 aliphatic rings. The second-order valence-electron chi connectivity index (χ2n) is 4.96. The van der Waals surface area contributed by atoms with E-state index < -0.39 is 0 Å². The lowest BCUT2D eigenvalue weighted by atomic mass is 10.2. The van der Waals surface area contributed by atoms with Gasteiger partial charge in [0.15, 0.2) is 0 Å². The van der Waals surface area contributed by atoms with Crippen molar-refractivity contribution in [2.45, 2.75) is 26.9 Å². The van der Waals surface area contributed by atoms with E-state index in [-0.39, 0.29) is 11.7 Å². The number of benzene rings is 1. The first kappa shape index (κ1) is 16.2. The first-order valence-electron chi connectivity index (χ1n) is 6.77. The van der Waals surface area contributed by atoms with Crippen molar-refractivity contribution in [3.05, 3.63) is 50.3 Å². The van der Waals surface area contributed by atoms with Crippen LogP contribution >= 0.6 is 15.9 Å². The summed E-state index contributed by atoms with van der Waals surface area (Å²) in [6.07, 6.45) is 1.74. The van der Waals surface area contributed by atoms with Crippen LogP contribution in [0.5, 0.6) is 5.75 Å². The fourth-order valence-electron chi connectivity index (χ4n) is 1.75. The highest BCUT2D eigenvalue weighted by Gasteiger charge is 2.03. The lowest BCUT2D eigenvalue weighted by Crippen LogP contribution is -2.10. The highest BCUT2D eigenvalue weighted by Crippen LogP contribution is 2.26. The molecule has 0 unspecified atom stereocenters. The number of rotatable bonds is 5. The maximum atomic E-state index is 11.3. The number of hydrogen-bond acceptors (Lipinski definition) is 5. The minimum atomic E-state index is -0.219. The van der Waals surface area contributed by atoms with Gasteiger partial charge < -0.3 is 4.74 Å². The summed E-state index contributed by atoms with van der Waals surface area (Å²) >= 11 is 3.46. The third kappa shape index (κ3) is 4.70. The summed E-state index contributed by atoms with van der Waals surface area (Å²) in [5.74, 6) is 1.09. The molecule has 0 radical (unpaired) electrons. The molecular formula is C15H17BrN4O2. The maximum Gasteiger partial charge on any atom is 0.252 e. The van der Waals surface area contributed by atoms with Crippen LogP contribution in [0.1, 0.15) is 25.1 Å². The summed E-state index contributed by atoms with van der Waals surface area (Å²) in [6.45, 7) is 5.69.